The zero-order chi connectivity index (χ0) is 20.2. The van der Waals surface area contributed by atoms with Crippen LogP contribution in [-0.2, 0) is 9.53 Å². The zero-order valence-corrected chi connectivity index (χ0v) is 16.7. The maximum absolute atomic E-state index is 12.2. The van der Waals surface area contributed by atoms with Crippen LogP contribution in [0.1, 0.15) is 24.5 Å². The number of ether oxygens (including phenoxy) is 2. The molecule has 0 saturated carbocycles. The number of carbonyl (C=O) groups excluding carboxylic acids is 1. The molecule has 2 heterocycles. The summed E-state index contributed by atoms with van der Waals surface area (Å²) in [5.41, 5.74) is 0.894. The molecular formula is C22H18N2O4S. The molecule has 0 unspecified atom stereocenters. The van der Waals surface area contributed by atoms with Gasteiger partial charge in [0.2, 0.25) is 0 Å². The van der Waals surface area contributed by atoms with Crippen molar-refractivity contribution in [3.63, 3.8) is 0 Å². The summed E-state index contributed by atoms with van der Waals surface area (Å²) in [6.07, 6.45) is 2.46. The van der Waals surface area contributed by atoms with Crippen molar-refractivity contribution in [2.75, 3.05) is 7.11 Å². The molecule has 0 N–H and O–H groups in total. The molecule has 0 fully saturated rings. The van der Waals surface area contributed by atoms with Gasteiger partial charge in [-0.25, -0.2) is 4.79 Å². The third-order valence-electron chi connectivity index (χ3n) is 4.30. The molecule has 0 bridgehead atoms. The van der Waals surface area contributed by atoms with E-state index in [4.69, 9.17) is 13.9 Å². The van der Waals surface area contributed by atoms with Crippen molar-refractivity contribution >= 4 is 34.2 Å². The van der Waals surface area contributed by atoms with E-state index < -0.39 is 12.1 Å². The second kappa shape index (κ2) is 8.28. The van der Waals surface area contributed by atoms with Crippen molar-refractivity contribution < 1.29 is 18.7 Å². The summed E-state index contributed by atoms with van der Waals surface area (Å²) in [7, 11) is 1.64. The number of carbonyl (C=O) groups is 1. The fraction of sp³-hybridized carbons (Fsp3) is 0.136. The van der Waals surface area contributed by atoms with Crippen LogP contribution in [0.25, 0.3) is 27.6 Å². The fourth-order valence-corrected chi connectivity index (χ4v) is 3.44. The number of benzene rings is 2. The maximum atomic E-state index is 12.2. The molecule has 146 valence electrons. The van der Waals surface area contributed by atoms with Crippen LogP contribution in [0.2, 0.25) is 0 Å². The van der Waals surface area contributed by atoms with E-state index in [1.807, 2.05) is 53.9 Å². The first-order valence-electron chi connectivity index (χ1n) is 8.96. The van der Waals surface area contributed by atoms with Gasteiger partial charge in [-0.15, -0.1) is 21.5 Å². The third-order valence-corrected chi connectivity index (χ3v) is 5.15. The topological polar surface area (TPSA) is 74.5 Å². The fourth-order valence-electron chi connectivity index (χ4n) is 2.80. The number of esters is 1. The van der Waals surface area contributed by atoms with Crippen LogP contribution in [0.5, 0.6) is 5.75 Å². The van der Waals surface area contributed by atoms with Crippen molar-refractivity contribution in [3.8, 4) is 16.5 Å². The molecule has 29 heavy (non-hydrogen) atoms. The summed E-state index contributed by atoms with van der Waals surface area (Å²) in [4.78, 5) is 13.0. The summed E-state index contributed by atoms with van der Waals surface area (Å²) in [6.45, 7) is 1.70. The monoisotopic (exact) mass is 406 g/mol. The Hall–Kier alpha value is -3.45. The molecule has 7 heteroatoms. The predicted molar refractivity (Wildman–Crippen MR) is 112 cm³/mol. The zero-order valence-electron chi connectivity index (χ0n) is 15.9. The van der Waals surface area contributed by atoms with Crippen LogP contribution in [0.15, 0.2) is 64.4 Å². The Balaban J connectivity index is 1.41. The third kappa shape index (κ3) is 4.35. The number of methoxy groups -OCH3 is 1. The lowest BCUT2D eigenvalue weighted by Crippen LogP contribution is -2.06. The van der Waals surface area contributed by atoms with E-state index in [1.165, 1.54) is 17.4 Å². The number of hydrogen-bond acceptors (Lipinski definition) is 7. The predicted octanol–water partition coefficient (Wildman–Crippen LogP) is 5.28. The Bertz CT molecular complexity index is 1160. The van der Waals surface area contributed by atoms with Gasteiger partial charge in [0.25, 0.3) is 11.8 Å². The highest BCUT2D eigenvalue weighted by atomic mass is 32.1. The molecule has 0 amide bonds. The van der Waals surface area contributed by atoms with Crippen LogP contribution in [-0.4, -0.2) is 23.3 Å². The van der Waals surface area contributed by atoms with Gasteiger partial charge in [-0.2, -0.15) is 0 Å². The standard InChI is InChI=1S/C22H18N2O4S/c1-14(21-23-24-22(28-21)19-4-3-11-29-19)27-20(25)10-6-15-5-7-17-13-18(26-2)9-8-16(17)12-15/h3-14H,1-2H3/b10-6+/t14-/m1/s1. The van der Waals surface area contributed by atoms with Crippen LogP contribution >= 0.6 is 11.3 Å². The van der Waals surface area contributed by atoms with Crippen molar-refractivity contribution in [2.45, 2.75) is 13.0 Å². The minimum absolute atomic E-state index is 0.259. The summed E-state index contributed by atoms with van der Waals surface area (Å²) in [5, 5.41) is 12.0. The van der Waals surface area contributed by atoms with Gasteiger partial charge in [0.15, 0.2) is 6.10 Å². The Kier molecular flexibility index (Phi) is 5.39. The van der Waals surface area contributed by atoms with Gasteiger partial charge in [-0.3, -0.25) is 0 Å². The highest BCUT2D eigenvalue weighted by Gasteiger charge is 2.18. The van der Waals surface area contributed by atoms with Gasteiger partial charge in [-0.05, 0) is 59.0 Å². The largest absolute Gasteiger partial charge is 0.497 e. The Morgan fingerprint density at radius 1 is 1.14 bits per heavy atom. The average molecular weight is 406 g/mol. The lowest BCUT2D eigenvalue weighted by molar-refractivity contribution is -0.143. The van der Waals surface area contributed by atoms with Crippen LogP contribution < -0.4 is 4.74 Å². The summed E-state index contributed by atoms with van der Waals surface area (Å²) >= 11 is 1.50. The molecule has 2 aromatic heterocycles. The first-order valence-corrected chi connectivity index (χ1v) is 9.84. The van der Waals surface area contributed by atoms with Gasteiger partial charge in [0.1, 0.15) is 5.75 Å². The van der Waals surface area contributed by atoms with E-state index in [9.17, 15) is 4.79 Å². The molecular weight excluding hydrogens is 388 g/mol. The molecule has 0 aliphatic carbocycles. The number of nitrogens with zero attached hydrogens (tertiary/aromatic N) is 2. The lowest BCUT2D eigenvalue weighted by Gasteiger charge is -2.07. The van der Waals surface area contributed by atoms with Crippen molar-refractivity contribution in [3.05, 3.63) is 71.4 Å². The van der Waals surface area contributed by atoms with E-state index in [-0.39, 0.29) is 5.89 Å². The lowest BCUT2D eigenvalue weighted by atomic mass is 10.1. The first kappa shape index (κ1) is 18.9. The summed E-state index contributed by atoms with van der Waals surface area (Å²) in [5.74, 6) is 1.00. The van der Waals surface area contributed by atoms with E-state index in [2.05, 4.69) is 10.2 Å². The molecule has 0 spiro atoms. The molecule has 4 rings (SSSR count). The molecule has 0 saturated heterocycles. The molecule has 0 radical (unpaired) electrons. The van der Waals surface area contributed by atoms with Crippen LogP contribution in [0.4, 0.5) is 0 Å². The second-order valence-electron chi connectivity index (χ2n) is 6.31. The first-order chi connectivity index (χ1) is 14.1. The molecule has 0 aliphatic rings. The van der Waals surface area contributed by atoms with Gasteiger partial charge in [0, 0.05) is 6.08 Å². The highest BCUT2D eigenvalue weighted by molar-refractivity contribution is 7.13. The van der Waals surface area contributed by atoms with E-state index >= 15 is 0 Å². The second-order valence-corrected chi connectivity index (χ2v) is 7.26. The Morgan fingerprint density at radius 2 is 1.97 bits per heavy atom. The van der Waals surface area contributed by atoms with Crippen LogP contribution in [0, 0.1) is 0 Å². The van der Waals surface area contributed by atoms with Crippen LogP contribution in [0.3, 0.4) is 0 Å². The molecule has 4 aromatic rings. The Labute approximate surface area is 171 Å². The highest BCUT2D eigenvalue weighted by Crippen LogP contribution is 2.26. The van der Waals surface area contributed by atoms with Gasteiger partial charge in [0.05, 0.1) is 12.0 Å². The van der Waals surface area contributed by atoms with Gasteiger partial charge >= 0.3 is 5.97 Å². The SMILES string of the molecule is COc1ccc2cc(/C=C/C(=O)O[C@H](C)c3nnc(-c4cccs4)o3)ccc2c1. The molecule has 2 aromatic carbocycles. The van der Waals surface area contributed by atoms with E-state index in [1.54, 1.807) is 20.1 Å². The minimum atomic E-state index is -0.641. The number of rotatable bonds is 6. The summed E-state index contributed by atoms with van der Waals surface area (Å²) < 4.78 is 16.2. The van der Waals surface area contributed by atoms with E-state index in [0.717, 1.165) is 27.0 Å². The minimum Gasteiger partial charge on any atom is -0.497 e. The smallest absolute Gasteiger partial charge is 0.331 e. The van der Waals surface area contributed by atoms with Crippen molar-refractivity contribution in [1.29, 1.82) is 0 Å². The molecule has 0 aliphatic heterocycles. The Morgan fingerprint density at radius 3 is 2.76 bits per heavy atom. The normalized spacial score (nSPS) is 12.3. The maximum Gasteiger partial charge on any atom is 0.331 e. The van der Waals surface area contributed by atoms with E-state index in [0.29, 0.717) is 5.89 Å². The average Bonchev–Trinajstić information content (AvgIpc) is 3.43. The van der Waals surface area contributed by atoms with Gasteiger partial charge < -0.3 is 13.9 Å². The number of aromatic nitrogens is 2. The molecule has 1 atom stereocenters. The number of fused-ring (bicyclic) bond motifs is 1. The van der Waals surface area contributed by atoms with Crippen molar-refractivity contribution in [2.24, 2.45) is 0 Å². The number of thiophene rings is 1. The molecule has 6 nitrogen and oxygen atoms in total. The number of hydrogen-bond donors (Lipinski definition) is 0. The van der Waals surface area contributed by atoms with Gasteiger partial charge in [-0.1, -0.05) is 24.3 Å². The quantitative estimate of drug-likeness (QED) is 0.320. The van der Waals surface area contributed by atoms with Crippen molar-refractivity contribution in [1.82, 2.24) is 10.2 Å². The summed E-state index contributed by atoms with van der Waals surface area (Å²) in [6, 6.07) is 15.5.